The van der Waals surface area contributed by atoms with Crippen molar-refractivity contribution in [2.24, 2.45) is 10.9 Å². The Bertz CT molecular complexity index is 1030. The van der Waals surface area contributed by atoms with E-state index in [9.17, 15) is 19.2 Å². The van der Waals surface area contributed by atoms with Crippen LogP contribution >= 0.6 is 11.8 Å². The number of fused-ring (bicyclic) bond motifs is 1. The minimum Gasteiger partial charge on any atom is -0.326 e. The van der Waals surface area contributed by atoms with Gasteiger partial charge in [0, 0.05) is 23.2 Å². The number of imide groups is 1. The van der Waals surface area contributed by atoms with Crippen LogP contribution in [0.5, 0.6) is 0 Å². The van der Waals surface area contributed by atoms with Crippen molar-refractivity contribution >= 4 is 58.9 Å². The second-order valence-corrected chi connectivity index (χ2v) is 7.95. The van der Waals surface area contributed by atoms with Gasteiger partial charge in [-0.25, -0.2) is 4.79 Å². The van der Waals surface area contributed by atoms with Gasteiger partial charge < -0.3 is 10.6 Å². The van der Waals surface area contributed by atoms with Gasteiger partial charge in [0.05, 0.1) is 19.8 Å². The molecule has 0 saturated heterocycles. The van der Waals surface area contributed by atoms with Gasteiger partial charge >= 0.3 is 11.9 Å². The molecule has 2 aliphatic heterocycles. The molecule has 0 spiro atoms. The molecule has 1 unspecified atom stereocenters. The van der Waals surface area contributed by atoms with Crippen molar-refractivity contribution in [3.8, 4) is 0 Å². The zero-order valence-electron chi connectivity index (χ0n) is 17.1. The second-order valence-electron chi connectivity index (χ2n) is 6.93. The van der Waals surface area contributed by atoms with Crippen molar-refractivity contribution in [2.45, 2.75) is 13.8 Å². The Kier molecular flexibility index (Phi) is 6.16. The number of carbonyl (C=O) groups excluding carboxylic acids is 4. The monoisotopic (exact) mass is 428 g/mol. The summed E-state index contributed by atoms with van der Waals surface area (Å²) in [5.74, 6) is -1.01. The van der Waals surface area contributed by atoms with E-state index in [0.29, 0.717) is 22.1 Å². The van der Waals surface area contributed by atoms with Crippen LogP contribution in [0.15, 0.2) is 39.7 Å². The topological polar surface area (TPSA) is 111 Å². The van der Waals surface area contributed by atoms with Crippen LogP contribution < -0.4 is 10.6 Å². The van der Waals surface area contributed by atoms with Crippen LogP contribution in [-0.4, -0.2) is 65.1 Å². The Morgan fingerprint density at radius 2 is 1.77 bits per heavy atom. The molecule has 0 bridgehead atoms. The molecule has 9 nitrogen and oxygen atoms in total. The summed E-state index contributed by atoms with van der Waals surface area (Å²) < 4.78 is 1.35. The number of hydrogen-bond donors (Lipinski definition) is 2. The lowest BCUT2D eigenvalue weighted by Crippen LogP contribution is -2.52. The van der Waals surface area contributed by atoms with E-state index in [1.165, 1.54) is 30.3 Å². The zero-order valence-corrected chi connectivity index (χ0v) is 17.9. The van der Waals surface area contributed by atoms with Gasteiger partial charge in [0.1, 0.15) is 6.21 Å². The van der Waals surface area contributed by atoms with E-state index in [2.05, 4.69) is 15.6 Å². The number of rotatable bonds is 5. The molecule has 1 aromatic rings. The van der Waals surface area contributed by atoms with E-state index >= 15 is 0 Å². The predicted molar refractivity (Wildman–Crippen MR) is 116 cm³/mol. The fourth-order valence-corrected chi connectivity index (χ4v) is 4.15. The molecule has 0 radical (unpaired) electrons. The maximum Gasteiger partial charge on any atom is 0.445 e. The van der Waals surface area contributed by atoms with E-state index in [-0.39, 0.29) is 23.5 Å². The van der Waals surface area contributed by atoms with Crippen molar-refractivity contribution < 1.29 is 23.8 Å². The Hall–Kier alpha value is -3.27. The van der Waals surface area contributed by atoms with Gasteiger partial charge in [0.2, 0.25) is 11.8 Å². The van der Waals surface area contributed by atoms with Gasteiger partial charge in [-0.15, -0.1) is 16.8 Å². The number of benzene rings is 1. The summed E-state index contributed by atoms with van der Waals surface area (Å²) in [5, 5.41) is 5.45. The molecule has 156 valence electrons. The third kappa shape index (κ3) is 4.33. The molecule has 0 saturated carbocycles. The molecular weight excluding hydrogens is 406 g/mol. The minimum absolute atomic E-state index is 0.0897. The van der Waals surface area contributed by atoms with E-state index in [1.54, 1.807) is 37.5 Å². The van der Waals surface area contributed by atoms with Gasteiger partial charge in [0.15, 0.2) is 5.92 Å². The molecule has 0 aliphatic carbocycles. The van der Waals surface area contributed by atoms with Crippen LogP contribution in [0, 0.1) is 5.92 Å². The molecular formula is C20H22N5O4S+. The molecule has 2 N–H and O–H groups in total. The fraction of sp³-hybridized carbons (Fsp3) is 0.300. The van der Waals surface area contributed by atoms with E-state index in [1.807, 2.05) is 6.92 Å². The van der Waals surface area contributed by atoms with Crippen molar-refractivity contribution in [2.75, 3.05) is 30.5 Å². The lowest BCUT2D eigenvalue weighted by atomic mass is 9.99. The van der Waals surface area contributed by atoms with E-state index in [0.717, 1.165) is 10.5 Å². The normalized spacial score (nSPS) is 18.5. The first-order valence-corrected chi connectivity index (χ1v) is 10.1. The number of anilines is 2. The van der Waals surface area contributed by atoms with Crippen LogP contribution in [-0.2, 0) is 14.4 Å². The number of thioether (sulfide) groups is 1. The SMILES string of the molecule is CC(=O)Nc1ccc(NC(=O)CSC2=C(C)C=NC3=[N+](C)C(=O)N(C)C(=O)C23)cc1. The number of hydrogen-bond acceptors (Lipinski definition) is 6. The van der Waals surface area contributed by atoms with Gasteiger partial charge in [-0.05, 0) is 36.8 Å². The average Bonchev–Trinajstić information content (AvgIpc) is 2.70. The fourth-order valence-electron chi connectivity index (χ4n) is 3.14. The molecule has 30 heavy (non-hydrogen) atoms. The number of allylic oxidation sites excluding steroid dienone is 1. The van der Waals surface area contributed by atoms with Gasteiger partial charge in [-0.3, -0.25) is 14.4 Å². The molecule has 1 atom stereocenters. The minimum atomic E-state index is -0.697. The highest BCUT2D eigenvalue weighted by atomic mass is 32.2. The summed E-state index contributed by atoms with van der Waals surface area (Å²) >= 11 is 1.25. The number of aliphatic imine (C=N–C) groups is 1. The van der Waals surface area contributed by atoms with E-state index < -0.39 is 11.9 Å². The summed E-state index contributed by atoms with van der Waals surface area (Å²) in [6.45, 7) is 3.25. The van der Waals surface area contributed by atoms with Crippen molar-refractivity contribution in [1.82, 2.24) is 4.90 Å². The largest absolute Gasteiger partial charge is 0.445 e. The zero-order chi connectivity index (χ0) is 22.0. The summed E-state index contributed by atoms with van der Waals surface area (Å²) in [7, 11) is 3.01. The first kappa shape index (κ1) is 21.4. The van der Waals surface area contributed by atoms with Gasteiger partial charge in [0.25, 0.3) is 5.84 Å². The number of amides is 5. The maximum absolute atomic E-state index is 12.7. The molecule has 0 aromatic heterocycles. The van der Waals surface area contributed by atoms with E-state index in [4.69, 9.17) is 0 Å². The number of nitrogens with one attached hydrogen (secondary N) is 2. The smallest absolute Gasteiger partial charge is 0.326 e. The summed E-state index contributed by atoms with van der Waals surface area (Å²) in [4.78, 5) is 54.4. The lowest BCUT2D eigenvalue weighted by Gasteiger charge is -2.27. The Balaban J connectivity index is 1.69. The van der Waals surface area contributed by atoms with Crippen molar-refractivity contribution in [3.63, 3.8) is 0 Å². The Morgan fingerprint density at radius 3 is 2.37 bits per heavy atom. The Morgan fingerprint density at radius 1 is 1.17 bits per heavy atom. The van der Waals surface area contributed by atoms with Crippen LogP contribution in [0.2, 0.25) is 0 Å². The second kappa shape index (κ2) is 8.62. The first-order valence-electron chi connectivity index (χ1n) is 9.16. The molecule has 10 heteroatoms. The maximum atomic E-state index is 12.7. The third-order valence-corrected chi connectivity index (χ3v) is 5.92. The number of carbonyl (C=O) groups is 4. The standard InChI is InChI=1S/C20H21N5O4S/c1-11-9-21-18-16(19(28)25(4)20(29)24(18)3)17(11)30-10-15(27)23-14-7-5-13(6-8-14)22-12(2)26/h5-9,16H,10H2,1-4H3,(H-,22,23,26,27)/p+1. The number of amidine groups is 1. The quantitative estimate of drug-likeness (QED) is 0.696. The molecule has 3 rings (SSSR count). The summed E-state index contributed by atoms with van der Waals surface area (Å²) in [6, 6.07) is 6.33. The molecule has 2 heterocycles. The van der Waals surface area contributed by atoms with Crippen LogP contribution in [0.3, 0.4) is 0 Å². The van der Waals surface area contributed by atoms with Crippen molar-refractivity contribution in [3.05, 3.63) is 34.7 Å². The third-order valence-electron chi connectivity index (χ3n) is 4.64. The van der Waals surface area contributed by atoms with Crippen molar-refractivity contribution in [1.29, 1.82) is 0 Å². The van der Waals surface area contributed by atoms with Crippen LogP contribution in [0.4, 0.5) is 16.2 Å². The predicted octanol–water partition coefficient (Wildman–Crippen LogP) is 1.92. The summed E-state index contributed by atoms with van der Waals surface area (Å²) in [6.07, 6.45) is 1.61. The first-order chi connectivity index (χ1) is 14.2. The van der Waals surface area contributed by atoms with Gasteiger partial charge in [-0.1, -0.05) is 0 Å². The van der Waals surface area contributed by atoms with Crippen LogP contribution in [0.1, 0.15) is 13.8 Å². The molecule has 1 aromatic carbocycles. The highest BCUT2D eigenvalue weighted by Gasteiger charge is 2.47. The highest BCUT2D eigenvalue weighted by molar-refractivity contribution is 8.03. The number of nitrogens with zero attached hydrogens (tertiary/aromatic N) is 3. The highest BCUT2D eigenvalue weighted by Crippen LogP contribution is 2.34. The summed E-state index contributed by atoms with van der Waals surface area (Å²) in [5.41, 5.74) is 2.01. The van der Waals surface area contributed by atoms with Crippen LogP contribution in [0.25, 0.3) is 0 Å². The van der Waals surface area contributed by atoms with Gasteiger partial charge in [-0.2, -0.15) is 9.48 Å². The number of urea groups is 1. The molecule has 5 amide bonds. The average molecular weight is 428 g/mol. The number of dihydropyridines is 1. The molecule has 2 aliphatic rings. The molecule has 0 fully saturated rings. The Labute approximate surface area is 177 Å². The lowest BCUT2D eigenvalue weighted by molar-refractivity contribution is -0.407.